The molecule has 1 aromatic rings. The van der Waals surface area contributed by atoms with E-state index < -0.39 is 12.1 Å². The third-order valence-corrected chi connectivity index (χ3v) is 4.12. The van der Waals surface area contributed by atoms with E-state index in [4.69, 9.17) is 5.73 Å². The average Bonchev–Trinajstić information content (AvgIpc) is 2.66. The van der Waals surface area contributed by atoms with Crippen molar-refractivity contribution in [2.45, 2.75) is 53.1 Å². The van der Waals surface area contributed by atoms with Crippen molar-refractivity contribution in [2.75, 3.05) is 6.54 Å². The van der Waals surface area contributed by atoms with Crippen LogP contribution in [0.1, 0.15) is 44.3 Å². The Labute approximate surface area is 123 Å². The minimum absolute atomic E-state index is 0.0205. The first-order valence-electron chi connectivity index (χ1n) is 6.96. The van der Waals surface area contributed by atoms with Gasteiger partial charge in [-0.3, -0.25) is 4.79 Å². The maximum absolute atomic E-state index is 12.8. The first-order valence-corrected chi connectivity index (χ1v) is 6.96. The van der Waals surface area contributed by atoms with E-state index in [1.165, 1.54) is 0 Å². The van der Waals surface area contributed by atoms with Crippen molar-refractivity contribution in [3.8, 4) is 0 Å². The number of rotatable bonds is 6. The van der Waals surface area contributed by atoms with Crippen LogP contribution in [-0.4, -0.2) is 27.8 Å². The van der Waals surface area contributed by atoms with E-state index in [0.29, 0.717) is 28.2 Å². The molecule has 0 fully saturated rings. The summed E-state index contributed by atoms with van der Waals surface area (Å²) in [7, 11) is 0. The fraction of sp³-hybridized carbons (Fsp3) is 0.714. The van der Waals surface area contributed by atoms with E-state index in [2.05, 4.69) is 10.4 Å². The minimum Gasteiger partial charge on any atom is -0.349 e. The number of hydrogen-bond donors (Lipinski definition) is 2. The molecule has 1 aromatic heterocycles. The van der Waals surface area contributed by atoms with E-state index in [-0.39, 0.29) is 18.2 Å². The number of aromatic nitrogens is 2. The Kier molecular flexibility index (Phi) is 5.44. The van der Waals surface area contributed by atoms with Gasteiger partial charge in [0.1, 0.15) is 0 Å². The molecule has 1 unspecified atom stereocenters. The Morgan fingerprint density at radius 3 is 2.38 bits per heavy atom. The van der Waals surface area contributed by atoms with Crippen LogP contribution < -0.4 is 11.1 Å². The summed E-state index contributed by atoms with van der Waals surface area (Å²) in [5, 5.41) is 6.67. The molecule has 3 N–H and O–H groups in total. The molecule has 7 heteroatoms. The quantitative estimate of drug-likeness (QED) is 0.843. The predicted molar refractivity (Wildman–Crippen MR) is 77.1 cm³/mol. The Balaban J connectivity index is 2.90. The van der Waals surface area contributed by atoms with Crippen LogP contribution in [0.5, 0.6) is 0 Å². The summed E-state index contributed by atoms with van der Waals surface area (Å²) in [4.78, 5) is 12.2. The Bertz CT molecular complexity index is 513. The summed E-state index contributed by atoms with van der Waals surface area (Å²) >= 11 is 0. The molecule has 21 heavy (non-hydrogen) atoms. The third kappa shape index (κ3) is 3.78. The maximum Gasteiger partial charge on any atom is 0.333 e. The van der Waals surface area contributed by atoms with Gasteiger partial charge < -0.3 is 11.1 Å². The van der Waals surface area contributed by atoms with Crippen LogP contribution in [0.2, 0.25) is 0 Å². The Morgan fingerprint density at radius 1 is 1.43 bits per heavy atom. The van der Waals surface area contributed by atoms with E-state index >= 15 is 0 Å². The number of hydrogen-bond acceptors (Lipinski definition) is 3. The second kappa shape index (κ2) is 6.51. The molecule has 0 aliphatic heterocycles. The number of alkyl halides is 2. The highest BCUT2D eigenvalue weighted by Crippen LogP contribution is 2.20. The van der Waals surface area contributed by atoms with Crippen LogP contribution in [0.4, 0.5) is 8.78 Å². The van der Waals surface area contributed by atoms with Gasteiger partial charge in [0.2, 0.25) is 5.91 Å². The highest BCUT2D eigenvalue weighted by Gasteiger charge is 2.29. The lowest BCUT2D eigenvalue weighted by molar-refractivity contribution is -0.122. The number of nitrogens with zero attached hydrogens (tertiary/aromatic N) is 2. The number of nitrogens with two attached hydrogens (primary N) is 1. The molecule has 0 spiro atoms. The van der Waals surface area contributed by atoms with Gasteiger partial charge >= 0.3 is 6.55 Å². The van der Waals surface area contributed by atoms with E-state index in [1.807, 2.05) is 20.8 Å². The van der Waals surface area contributed by atoms with Crippen LogP contribution in [0.3, 0.4) is 0 Å². The highest BCUT2D eigenvalue weighted by molar-refractivity contribution is 5.80. The molecule has 1 amide bonds. The number of aryl methyl sites for hydroxylation is 1. The van der Waals surface area contributed by atoms with Crippen LogP contribution in [0, 0.1) is 19.8 Å². The lowest BCUT2D eigenvalue weighted by atomic mass is 9.88. The summed E-state index contributed by atoms with van der Waals surface area (Å²) < 4.78 is 26.2. The molecule has 1 rings (SSSR count). The smallest absolute Gasteiger partial charge is 0.333 e. The van der Waals surface area contributed by atoms with Crippen molar-refractivity contribution in [3.63, 3.8) is 0 Å². The third-order valence-electron chi connectivity index (χ3n) is 4.12. The number of carbonyl (C=O) groups excluding carboxylic acids is 1. The molecular formula is C14H24F2N4O. The molecule has 0 aliphatic carbocycles. The SMILES string of the molecule is Cc1nn(C(F)F)c(C)c1CC(=O)NC(C)(CN)C(C)C. The largest absolute Gasteiger partial charge is 0.349 e. The summed E-state index contributed by atoms with van der Waals surface area (Å²) in [6, 6.07) is 0. The van der Waals surface area contributed by atoms with Crippen LogP contribution in [0.15, 0.2) is 0 Å². The lowest BCUT2D eigenvalue weighted by Crippen LogP contribution is -2.55. The first kappa shape index (κ1) is 17.6. The van der Waals surface area contributed by atoms with E-state index in [1.54, 1.807) is 13.8 Å². The number of amides is 1. The van der Waals surface area contributed by atoms with Gasteiger partial charge in [0.05, 0.1) is 17.7 Å². The number of nitrogens with one attached hydrogen (secondary N) is 1. The lowest BCUT2D eigenvalue weighted by Gasteiger charge is -2.33. The van der Waals surface area contributed by atoms with Crippen molar-refractivity contribution in [2.24, 2.45) is 11.7 Å². The molecule has 0 bridgehead atoms. The van der Waals surface area contributed by atoms with Crippen molar-refractivity contribution in [1.82, 2.24) is 15.1 Å². The normalized spacial score (nSPS) is 14.6. The summed E-state index contributed by atoms with van der Waals surface area (Å²) in [5.41, 5.74) is 6.51. The number of halogens is 2. The monoisotopic (exact) mass is 302 g/mol. The van der Waals surface area contributed by atoms with Gasteiger partial charge in [0, 0.05) is 17.8 Å². The topological polar surface area (TPSA) is 72.9 Å². The molecule has 0 aromatic carbocycles. The fourth-order valence-electron chi connectivity index (χ4n) is 2.10. The molecule has 0 saturated carbocycles. The van der Waals surface area contributed by atoms with Gasteiger partial charge in [-0.15, -0.1) is 0 Å². The maximum atomic E-state index is 12.8. The summed E-state index contributed by atoms with van der Waals surface area (Å²) in [6.45, 7) is 6.59. The molecule has 1 heterocycles. The van der Waals surface area contributed by atoms with Gasteiger partial charge in [0.25, 0.3) is 0 Å². The van der Waals surface area contributed by atoms with Gasteiger partial charge in [0.15, 0.2) is 0 Å². The number of carbonyl (C=O) groups is 1. The standard InChI is InChI=1S/C14H24F2N4O/c1-8(2)14(5,7-17)18-12(21)6-11-9(3)19-20(10(11)4)13(15)16/h8,13H,6-7,17H2,1-5H3,(H,18,21). The second-order valence-corrected chi connectivity index (χ2v) is 5.87. The molecular weight excluding hydrogens is 278 g/mol. The van der Waals surface area contributed by atoms with Crippen molar-refractivity contribution >= 4 is 5.91 Å². The zero-order valence-corrected chi connectivity index (χ0v) is 13.2. The van der Waals surface area contributed by atoms with Gasteiger partial charge in [-0.05, 0) is 26.7 Å². The van der Waals surface area contributed by atoms with Gasteiger partial charge in [-0.1, -0.05) is 13.8 Å². The van der Waals surface area contributed by atoms with Crippen molar-refractivity contribution in [1.29, 1.82) is 0 Å². The van der Waals surface area contributed by atoms with Gasteiger partial charge in [-0.2, -0.15) is 13.9 Å². The summed E-state index contributed by atoms with van der Waals surface area (Å²) in [6.07, 6.45) is 0.0205. The molecule has 0 radical (unpaired) electrons. The van der Waals surface area contributed by atoms with Crippen molar-refractivity contribution < 1.29 is 13.6 Å². The van der Waals surface area contributed by atoms with Crippen molar-refractivity contribution in [3.05, 3.63) is 17.0 Å². The zero-order valence-electron chi connectivity index (χ0n) is 13.2. The van der Waals surface area contributed by atoms with Crippen LogP contribution in [-0.2, 0) is 11.2 Å². The summed E-state index contributed by atoms with van der Waals surface area (Å²) in [5.74, 6) is -0.0749. The van der Waals surface area contributed by atoms with E-state index in [9.17, 15) is 13.6 Å². The zero-order chi connectivity index (χ0) is 16.4. The highest BCUT2D eigenvalue weighted by atomic mass is 19.3. The average molecular weight is 302 g/mol. The Hall–Kier alpha value is -1.50. The second-order valence-electron chi connectivity index (χ2n) is 5.87. The van der Waals surface area contributed by atoms with E-state index in [0.717, 1.165) is 0 Å². The molecule has 120 valence electrons. The Morgan fingerprint density at radius 2 is 2.00 bits per heavy atom. The molecule has 1 atom stereocenters. The van der Waals surface area contributed by atoms with Gasteiger partial charge in [-0.25, -0.2) is 4.68 Å². The van der Waals surface area contributed by atoms with Crippen LogP contribution in [0.25, 0.3) is 0 Å². The fourth-order valence-corrected chi connectivity index (χ4v) is 2.10. The molecule has 5 nitrogen and oxygen atoms in total. The van der Waals surface area contributed by atoms with Crippen LogP contribution >= 0.6 is 0 Å². The molecule has 0 aliphatic rings. The molecule has 0 saturated heterocycles. The first-order chi connectivity index (χ1) is 9.62. The minimum atomic E-state index is -2.70. The predicted octanol–water partition coefficient (Wildman–Crippen LogP) is 1.93.